The molecule has 0 spiro atoms. The number of thioether (sulfide) groups is 1. The van der Waals surface area contributed by atoms with Crippen LogP contribution in [0.5, 0.6) is 0 Å². The van der Waals surface area contributed by atoms with Gasteiger partial charge in [0.25, 0.3) is 0 Å². The number of hydrogen-bond donors (Lipinski definition) is 0. The van der Waals surface area contributed by atoms with Crippen LogP contribution in [0.2, 0.25) is 0 Å². The van der Waals surface area contributed by atoms with Gasteiger partial charge in [0, 0.05) is 0 Å². The van der Waals surface area contributed by atoms with Crippen molar-refractivity contribution in [3.63, 3.8) is 0 Å². The summed E-state index contributed by atoms with van der Waals surface area (Å²) in [6.07, 6.45) is 0. The normalized spacial score (nSPS) is 19.4. The van der Waals surface area contributed by atoms with Gasteiger partial charge < -0.3 is 4.74 Å². The molecular formula is C8H3F5OS. The summed E-state index contributed by atoms with van der Waals surface area (Å²) < 4.78 is 68.5. The molecule has 0 saturated carbocycles. The van der Waals surface area contributed by atoms with Crippen molar-refractivity contribution < 1.29 is 26.7 Å². The van der Waals surface area contributed by atoms with Gasteiger partial charge in [-0.05, 0) is 0 Å². The van der Waals surface area contributed by atoms with Gasteiger partial charge in [-0.15, -0.1) is 0 Å². The van der Waals surface area contributed by atoms with E-state index in [2.05, 4.69) is 4.74 Å². The molecule has 1 nitrogen and oxygen atoms in total. The minimum atomic E-state index is -2.15. The highest BCUT2D eigenvalue weighted by Gasteiger charge is 2.32. The summed E-state index contributed by atoms with van der Waals surface area (Å²) in [4.78, 5) is -0.895. The number of ether oxygens (including phenoxy) is 1. The SMILES string of the molecule is Fc1c(F)c(F)c(SC2CO2)c(F)c1F. The Morgan fingerprint density at radius 3 is 1.67 bits per heavy atom. The minimum absolute atomic E-state index is 0.240. The Bertz CT molecular complexity index is 389. The van der Waals surface area contributed by atoms with Gasteiger partial charge in [0.1, 0.15) is 5.44 Å². The van der Waals surface area contributed by atoms with Crippen molar-refractivity contribution in [3.05, 3.63) is 29.1 Å². The molecule has 82 valence electrons. The molecule has 0 N–H and O–H groups in total. The standard InChI is InChI=1S/C8H3F5OS/c9-3-4(10)6(12)8(7(13)5(3)11)15-2-1-14-2/h2H,1H2. The molecule has 0 amide bonds. The highest BCUT2D eigenvalue weighted by Crippen LogP contribution is 2.37. The fourth-order valence-corrected chi connectivity index (χ4v) is 1.79. The second kappa shape index (κ2) is 3.64. The van der Waals surface area contributed by atoms with Crippen LogP contribution in [0.15, 0.2) is 4.90 Å². The molecule has 1 atom stereocenters. The van der Waals surface area contributed by atoms with Gasteiger partial charge in [0.15, 0.2) is 23.3 Å². The molecular weight excluding hydrogens is 239 g/mol. The van der Waals surface area contributed by atoms with Crippen LogP contribution in [0.4, 0.5) is 22.0 Å². The van der Waals surface area contributed by atoms with Crippen molar-refractivity contribution in [2.45, 2.75) is 10.3 Å². The molecule has 1 aromatic rings. The molecule has 2 rings (SSSR count). The monoisotopic (exact) mass is 242 g/mol. The first-order valence-corrected chi connectivity index (χ1v) is 4.70. The maximum atomic E-state index is 13.0. The molecule has 0 bridgehead atoms. The lowest BCUT2D eigenvalue weighted by molar-refractivity contribution is 0.360. The van der Waals surface area contributed by atoms with Crippen LogP contribution in [0.3, 0.4) is 0 Å². The van der Waals surface area contributed by atoms with E-state index >= 15 is 0 Å². The smallest absolute Gasteiger partial charge is 0.200 e. The van der Waals surface area contributed by atoms with E-state index in [0.29, 0.717) is 11.8 Å². The molecule has 15 heavy (non-hydrogen) atoms. The molecule has 1 fully saturated rings. The second-order valence-corrected chi connectivity index (χ2v) is 3.95. The van der Waals surface area contributed by atoms with Gasteiger partial charge in [0.2, 0.25) is 5.82 Å². The first-order chi connectivity index (χ1) is 7.02. The van der Waals surface area contributed by atoms with Crippen LogP contribution in [0, 0.1) is 29.1 Å². The highest BCUT2D eigenvalue weighted by atomic mass is 32.2. The molecule has 0 aromatic heterocycles. The fraction of sp³-hybridized carbons (Fsp3) is 0.250. The Morgan fingerprint density at radius 2 is 1.27 bits per heavy atom. The van der Waals surface area contributed by atoms with E-state index in [1.54, 1.807) is 0 Å². The lowest BCUT2D eigenvalue weighted by atomic mass is 10.3. The lowest BCUT2D eigenvalue weighted by Gasteiger charge is -2.05. The van der Waals surface area contributed by atoms with Crippen molar-refractivity contribution in [3.8, 4) is 0 Å². The van der Waals surface area contributed by atoms with Crippen LogP contribution in [0.25, 0.3) is 0 Å². The van der Waals surface area contributed by atoms with Crippen molar-refractivity contribution in [2.24, 2.45) is 0 Å². The van der Waals surface area contributed by atoms with E-state index in [-0.39, 0.29) is 6.61 Å². The number of epoxide rings is 1. The van der Waals surface area contributed by atoms with Gasteiger partial charge in [-0.25, -0.2) is 22.0 Å². The predicted molar refractivity (Wildman–Crippen MR) is 41.8 cm³/mol. The summed E-state index contributed by atoms with van der Waals surface area (Å²) in [5, 5.41) is 0. The van der Waals surface area contributed by atoms with Crippen LogP contribution in [-0.4, -0.2) is 12.0 Å². The molecule has 1 aliphatic heterocycles. The Morgan fingerprint density at radius 1 is 0.867 bits per heavy atom. The van der Waals surface area contributed by atoms with E-state index in [0.717, 1.165) is 0 Å². The summed E-state index contributed by atoms with van der Waals surface area (Å²) in [5.41, 5.74) is -0.529. The summed E-state index contributed by atoms with van der Waals surface area (Å²) in [6, 6.07) is 0. The van der Waals surface area contributed by atoms with Crippen molar-refractivity contribution in [1.29, 1.82) is 0 Å². The zero-order valence-corrected chi connectivity index (χ0v) is 7.81. The van der Waals surface area contributed by atoms with Crippen LogP contribution in [0.1, 0.15) is 0 Å². The van der Waals surface area contributed by atoms with Crippen molar-refractivity contribution in [1.82, 2.24) is 0 Å². The van der Waals surface area contributed by atoms with E-state index in [1.165, 1.54) is 0 Å². The summed E-state index contributed by atoms with van der Waals surface area (Å²) in [7, 11) is 0. The Balaban J connectivity index is 2.51. The van der Waals surface area contributed by atoms with E-state index in [9.17, 15) is 22.0 Å². The average molecular weight is 242 g/mol. The third kappa shape index (κ3) is 1.81. The summed E-state index contributed by atoms with van der Waals surface area (Å²) in [5.74, 6) is -9.64. The lowest BCUT2D eigenvalue weighted by Crippen LogP contribution is -2.03. The maximum absolute atomic E-state index is 13.0. The predicted octanol–water partition coefficient (Wildman–Crippen LogP) is 2.83. The molecule has 1 unspecified atom stereocenters. The number of halogens is 5. The molecule has 1 heterocycles. The van der Waals surface area contributed by atoms with E-state index in [1.807, 2.05) is 0 Å². The van der Waals surface area contributed by atoms with Crippen LogP contribution in [-0.2, 0) is 4.74 Å². The van der Waals surface area contributed by atoms with Crippen LogP contribution < -0.4 is 0 Å². The van der Waals surface area contributed by atoms with Gasteiger partial charge in [-0.2, -0.15) is 0 Å². The van der Waals surface area contributed by atoms with Crippen molar-refractivity contribution in [2.75, 3.05) is 6.61 Å². The second-order valence-electron chi connectivity index (χ2n) is 2.78. The maximum Gasteiger partial charge on any atom is 0.200 e. The molecule has 1 aliphatic rings. The minimum Gasteiger partial charge on any atom is -0.361 e. The quantitative estimate of drug-likeness (QED) is 0.342. The molecule has 1 saturated heterocycles. The van der Waals surface area contributed by atoms with Crippen LogP contribution >= 0.6 is 11.8 Å². The zero-order valence-electron chi connectivity index (χ0n) is 6.99. The Labute approximate surface area is 85.2 Å². The van der Waals surface area contributed by atoms with E-state index < -0.39 is 39.4 Å². The third-order valence-electron chi connectivity index (χ3n) is 1.72. The number of benzene rings is 1. The number of rotatable bonds is 2. The van der Waals surface area contributed by atoms with Gasteiger partial charge in [0.05, 0.1) is 11.5 Å². The largest absolute Gasteiger partial charge is 0.361 e. The van der Waals surface area contributed by atoms with Crippen molar-refractivity contribution >= 4 is 11.8 Å². The third-order valence-corrected chi connectivity index (χ3v) is 2.85. The summed E-state index contributed by atoms with van der Waals surface area (Å²) in [6.45, 7) is 0.240. The first-order valence-electron chi connectivity index (χ1n) is 3.82. The average Bonchev–Trinajstić information content (AvgIpc) is 3.02. The van der Waals surface area contributed by atoms with Gasteiger partial charge >= 0.3 is 0 Å². The molecule has 0 aliphatic carbocycles. The van der Waals surface area contributed by atoms with Gasteiger partial charge in [-0.1, -0.05) is 11.8 Å². The molecule has 1 aromatic carbocycles. The fourth-order valence-electron chi connectivity index (χ4n) is 0.927. The van der Waals surface area contributed by atoms with E-state index in [4.69, 9.17) is 0 Å². The van der Waals surface area contributed by atoms with Gasteiger partial charge in [-0.3, -0.25) is 0 Å². The molecule has 0 radical (unpaired) electrons. The summed E-state index contributed by atoms with van der Waals surface area (Å²) >= 11 is 0.481. The Hall–Kier alpha value is -0.820. The topological polar surface area (TPSA) is 12.5 Å². The Kier molecular flexibility index (Phi) is 2.59. The highest BCUT2D eigenvalue weighted by molar-refractivity contribution is 8.00. The number of hydrogen-bond acceptors (Lipinski definition) is 2. The molecule has 7 heteroatoms. The first kappa shape index (κ1) is 10.7. The zero-order chi connectivity index (χ0) is 11.2.